The van der Waals surface area contributed by atoms with E-state index in [-0.39, 0.29) is 12.3 Å². The number of amides is 3. The Morgan fingerprint density at radius 3 is 2.29 bits per heavy atom. The zero-order valence-electron chi connectivity index (χ0n) is 19.7. The second-order valence-electron chi connectivity index (χ2n) is 8.61. The van der Waals surface area contributed by atoms with Crippen molar-refractivity contribution in [2.24, 2.45) is 0 Å². The lowest BCUT2D eigenvalue weighted by molar-refractivity contribution is -0.131. The van der Waals surface area contributed by atoms with Crippen LogP contribution in [0.25, 0.3) is 0 Å². The van der Waals surface area contributed by atoms with Gasteiger partial charge in [0.2, 0.25) is 0 Å². The Bertz CT molecular complexity index is 1200. The summed E-state index contributed by atoms with van der Waals surface area (Å²) in [6.45, 7) is 4.62. The molecular formula is C27H29N3O4. The van der Waals surface area contributed by atoms with Gasteiger partial charge in [0.05, 0.1) is 13.2 Å². The first-order chi connectivity index (χ1) is 16.4. The quantitative estimate of drug-likeness (QED) is 0.392. The molecule has 7 heteroatoms. The molecule has 3 amide bonds. The van der Waals surface area contributed by atoms with Crippen LogP contribution in [0, 0.1) is 13.8 Å². The monoisotopic (exact) mass is 459 g/mol. The van der Waals surface area contributed by atoms with E-state index in [0.717, 1.165) is 21.9 Å². The Hall–Kier alpha value is -3.71. The van der Waals surface area contributed by atoms with Crippen LogP contribution in [0.5, 0.6) is 0 Å². The molecule has 7 nitrogen and oxygen atoms in total. The molecule has 2 aromatic carbocycles. The number of hydrogen-bond donors (Lipinski definition) is 1. The van der Waals surface area contributed by atoms with Crippen molar-refractivity contribution in [2.75, 3.05) is 20.3 Å². The molecule has 4 rings (SSSR count). The van der Waals surface area contributed by atoms with Gasteiger partial charge in [-0.1, -0.05) is 60.7 Å². The van der Waals surface area contributed by atoms with Gasteiger partial charge in [-0.05, 0) is 31.0 Å². The lowest BCUT2D eigenvalue weighted by Gasteiger charge is -2.27. The predicted octanol–water partition coefficient (Wildman–Crippen LogP) is 3.62. The van der Waals surface area contributed by atoms with Gasteiger partial charge in [-0.15, -0.1) is 0 Å². The van der Waals surface area contributed by atoms with Gasteiger partial charge < -0.3 is 14.6 Å². The minimum absolute atomic E-state index is 0.274. The van der Waals surface area contributed by atoms with Crippen LogP contribution < -0.4 is 5.32 Å². The van der Waals surface area contributed by atoms with Gasteiger partial charge in [-0.2, -0.15) is 0 Å². The number of rotatable bonds is 9. The molecular weight excluding hydrogens is 430 g/mol. The summed E-state index contributed by atoms with van der Waals surface area (Å²) in [6, 6.07) is 20.0. The Morgan fingerprint density at radius 2 is 1.65 bits per heavy atom. The third kappa shape index (κ3) is 4.26. The normalized spacial score (nSPS) is 17.8. The third-order valence-electron chi connectivity index (χ3n) is 6.45. The van der Waals surface area contributed by atoms with Gasteiger partial charge in [0.25, 0.3) is 5.91 Å². The van der Waals surface area contributed by atoms with Gasteiger partial charge in [0.1, 0.15) is 0 Å². The molecule has 0 unspecified atom stereocenters. The van der Waals surface area contributed by atoms with Crippen molar-refractivity contribution in [3.63, 3.8) is 0 Å². The largest absolute Gasteiger partial charge is 0.383 e. The van der Waals surface area contributed by atoms with Crippen LogP contribution in [-0.4, -0.2) is 47.4 Å². The average molecular weight is 460 g/mol. The van der Waals surface area contributed by atoms with Crippen LogP contribution in [0.15, 0.2) is 66.7 Å². The number of imide groups is 1. The molecule has 1 N–H and O–H groups in total. The molecule has 0 radical (unpaired) electrons. The lowest BCUT2D eigenvalue weighted by atomic mass is 9.83. The average Bonchev–Trinajstić information content (AvgIpc) is 3.26. The predicted molar refractivity (Wildman–Crippen MR) is 129 cm³/mol. The number of benzene rings is 2. The number of Topliss-reactive ketones (excluding diaryl/α,β-unsaturated/α-hetero) is 1. The van der Waals surface area contributed by atoms with Gasteiger partial charge in [0.15, 0.2) is 11.3 Å². The summed E-state index contributed by atoms with van der Waals surface area (Å²) >= 11 is 0. The molecule has 0 spiro atoms. The van der Waals surface area contributed by atoms with Crippen molar-refractivity contribution in [2.45, 2.75) is 32.4 Å². The first-order valence-electron chi connectivity index (χ1n) is 11.3. The van der Waals surface area contributed by atoms with Crippen LogP contribution in [0.4, 0.5) is 4.79 Å². The zero-order chi connectivity index (χ0) is 24.3. The number of carbonyl (C=O) groups is 3. The molecule has 2 heterocycles. The highest BCUT2D eigenvalue weighted by molar-refractivity contribution is 6.11. The van der Waals surface area contributed by atoms with E-state index in [9.17, 15) is 14.4 Å². The molecule has 1 fully saturated rings. The maximum atomic E-state index is 13.8. The zero-order valence-corrected chi connectivity index (χ0v) is 19.7. The lowest BCUT2D eigenvalue weighted by Crippen LogP contribution is -2.46. The molecule has 1 aliphatic heterocycles. The minimum atomic E-state index is -1.27. The molecule has 1 aromatic heterocycles. The molecule has 1 saturated heterocycles. The number of ketones is 1. The number of urea groups is 1. The Balaban J connectivity index is 1.64. The summed E-state index contributed by atoms with van der Waals surface area (Å²) in [5.41, 5.74) is 2.56. The number of aryl methyl sites for hydroxylation is 1. The van der Waals surface area contributed by atoms with E-state index < -0.39 is 17.5 Å². The number of carbonyl (C=O) groups excluding carboxylic acids is 3. The molecule has 1 atom stereocenters. The van der Waals surface area contributed by atoms with Gasteiger partial charge in [0, 0.05) is 37.0 Å². The van der Waals surface area contributed by atoms with E-state index in [2.05, 4.69) is 5.32 Å². The standard InChI is InChI=1S/C27H29N3O4/c1-19-16-23(20(2)29(19)14-15-34-3)24(31)18-30-25(32)27(28-26(30)33,22-12-8-5-9-13-22)17-21-10-6-4-7-11-21/h4-13,16H,14-15,17-18H2,1-3H3,(H,28,33)/t27-/m0/s1. The number of aromatic nitrogens is 1. The maximum Gasteiger partial charge on any atom is 0.325 e. The van der Waals surface area contributed by atoms with E-state index in [1.807, 2.05) is 79.1 Å². The fourth-order valence-electron chi connectivity index (χ4n) is 4.65. The minimum Gasteiger partial charge on any atom is -0.383 e. The molecule has 0 bridgehead atoms. The fraction of sp³-hybridized carbons (Fsp3) is 0.296. The van der Waals surface area contributed by atoms with Crippen molar-refractivity contribution < 1.29 is 19.1 Å². The Labute approximate surface area is 199 Å². The molecule has 176 valence electrons. The number of hydrogen-bond acceptors (Lipinski definition) is 4. The molecule has 34 heavy (non-hydrogen) atoms. The van der Waals surface area contributed by atoms with Crippen molar-refractivity contribution in [1.29, 1.82) is 0 Å². The summed E-state index contributed by atoms with van der Waals surface area (Å²) in [7, 11) is 1.63. The third-order valence-corrected chi connectivity index (χ3v) is 6.45. The molecule has 3 aromatic rings. The van der Waals surface area contributed by atoms with Crippen LogP contribution >= 0.6 is 0 Å². The van der Waals surface area contributed by atoms with E-state index in [0.29, 0.717) is 30.7 Å². The smallest absolute Gasteiger partial charge is 0.325 e. The topological polar surface area (TPSA) is 80.6 Å². The summed E-state index contributed by atoms with van der Waals surface area (Å²) in [5, 5.41) is 2.91. The van der Waals surface area contributed by atoms with Gasteiger partial charge >= 0.3 is 6.03 Å². The first kappa shape index (κ1) is 23.4. The first-order valence-corrected chi connectivity index (χ1v) is 11.3. The molecule has 0 aliphatic carbocycles. The van der Waals surface area contributed by atoms with Crippen LogP contribution in [0.1, 0.15) is 32.9 Å². The van der Waals surface area contributed by atoms with Crippen molar-refractivity contribution in [3.05, 3.63) is 94.8 Å². The Morgan fingerprint density at radius 1 is 1.00 bits per heavy atom. The highest BCUT2D eigenvalue weighted by Crippen LogP contribution is 2.33. The van der Waals surface area contributed by atoms with Crippen LogP contribution in [0.2, 0.25) is 0 Å². The van der Waals surface area contributed by atoms with Crippen LogP contribution in [0.3, 0.4) is 0 Å². The van der Waals surface area contributed by atoms with E-state index in [1.54, 1.807) is 13.2 Å². The molecule has 1 aliphatic rings. The summed E-state index contributed by atoms with van der Waals surface area (Å²) in [5.74, 6) is -0.696. The maximum absolute atomic E-state index is 13.8. The number of methoxy groups -OCH3 is 1. The molecule has 0 saturated carbocycles. The van der Waals surface area contributed by atoms with E-state index in [4.69, 9.17) is 4.74 Å². The summed E-state index contributed by atoms with van der Waals surface area (Å²) < 4.78 is 7.17. The number of nitrogens with one attached hydrogen (secondary N) is 1. The second kappa shape index (κ2) is 9.65. The summed E-state index contributed by atoms with van der Waals surface area (Å²) in [4.78, 5) is 41.1. The summed E-state index contributed by atoms with van der Waals surface area (Å²) in [6.07, 6.45) is 0.290. The SMILES string of the molecule is COCCn1c(C)cc(C(=O)CN2C(=O)N[C@@](Cc3ccccc3)(c3ccccc3)C2=O)c1C. The van der Waals surface area contributed by atoms with Crippen molar-refractivity contribution >= 4 is 17.7 Å². The highest BCUT2D eigenvalue weighted by atomic mass is 16.5. The van der Waals surface area contributed by atoms with E-state index >= 15 is 0 Å². The van der Waals surface area contributed by atoms with Gasteiger partial charge in [-0.25, -0.2) is 4.79 Å². The van der Waals surface area contributed by atoms with Gasteiger partial charge in [-0.3, -0.25) is 14.5 Å². The highest BCUT2D eigenvalue weighted by Gasteiger charge is 2.52. The number of nitrogens with zero attached hydrogens (tertiary/aromatic N) is 2. The van der Waals surface area contributed by atoms with Crippen molar-refractivity contribution in [3.8, 4) is 0 Å². The van der Waals surface area contributed by atoms with E-state index in [1.165, 1.54) is 0 Å². The van der Waals surface area contributed by atoms with Crippen LogP contribution in [-0.2, 0) is 28.0 Å². The van der Waals surface area contributed by atoms with Crippen molar-refractivity contribution in [1.82, 2.24) is 14.8 Å². The fourth-order valence-corrected chi connectivity index (χ4v) is 4.65. The second-order valence-corrected chi connectivity index (χ2v) is 8.61. The number of ether oxygens (including phenoxy) is 1. The Kier molecular flexibility index (Phi) is 6.65.